The molecule has 0 bridgehead atoms. The normalized spacial score (nSPS) is 18.1. The number of hydrogen-bond acceptors (Lipinski definition) is 3. The number of aliphatic hydroxyl groups is 1. The largest absolute Gasteiger partial charge is 0.507 e. The number of Topliss-reactive ketones (excluding diaryl/α,β-unsaturated/α-hetero) is 1. The lowest BCUT2D eigenvalue weighted by Gasteiger charge is -2.26. The molecule has 0 aromatic heterocycles. The molecule has 1 fully saturated rings. The van der Waals surface area contributed by atoms with Gasteiger partial charge in [-0.2, -0.15) is 13.2 Å². The maximum Gasteiger partial charge on any atom is 0.416 e. The van der Waals surface area contributed by atoms with Crippen LogP contribution in [0.5, 0.6) is 0 Å². The van der Waals surface area contributed by atoms with Gasteiger partial charge >= 0.3 is 6.18 Å². The number of halogens is 5. The van der Waals surface area contributed by atoms with Crippen molar-refractivity contribution in [2.45, 2.75) is 12.2 Å². The third-order valence-corrected chi connectivity index (χ3v) is 5.45. The first-order valence-electron chi connectivity index (χ1n) is 9.57. The van der Waals surface area contributed by atoms with Gasteiger partial charge in [0.2, 0.25) is 0 Å². The van der Waals surface area contributed by atoms with E-state index in [0.717, 1.165) is 35.2 Å². The van der Waals surface area contributed by atoms with Crippen LogP contribution in [0, 0.1) is 5.82 Å². The van der Waals surface area contributed by atoms with Crippen LogP contribution in [-0.2, 0) is 15.8 Å². The van der Waals surface area contributed by atoms with Crippen molar-refractivity contribution < 1.29 is 32.3 Å². The lowest BCUT2D eigenvalue weighted by molar-refractivity contribution is -0.137. The number of benzene rings is 3. The van der Waals surface area contributed by atoms with Crippen molar-refractivity contribution in [2.75, 3.05) is 4.90 Å². The minimum absolute atomic E-state index is 0.175. The first-order valence-corrected chi connectivity index (χ1v) is 9.95. The number of ketones is 1. The molecule has 1 N–H and O–H groups in total. The number of alkyl halides is 3. The van der Waals surface area contributed by atoms with Crippen LogP contribution in [-0.4, -0.2) is 16.8 Å². The molecule has 1 aliphatic heterocycles. The molecule has 0 saturated carbocycles. The number of nitrogens with zero attached hydrogens (tertiary/aromatic N) is 1. The van der Waals surface area contributed by atoms with Crippen LogP contribution in [0.15, 0.2) is 78.4 Å². The summed E-state index contributed by atoms with van der Waals surface area (Å²) in [5, 5.41) is 11.3. The third kappa shape index (κ3) is 4.21. The molecule has 1 amide bonds. The van der Waals surface area contributed by atoms with Gasteiger partial charge in [-0.15, -0.1) is 0 Å². The Morgan fingerprint density at radius 1 is 0.939 bits per heavy atom. The van der Waals surface area contributed by atoms with Gasteiger partial charge in [0, 0.05) is 16.3 Å². The Bertz CT molecular complexity index is 1270. The summed E-state index contributed by atoms with van der Waals surface area (Å²) in [6.07, 6.45) is -4.68. The van der Waals surface area contributed by atoms with Gasteiger partial charge in [0.05, 0.1) is 17.2 Å². The molecular formula is C24H14ClF4NO3. The number of anilines is 1. The van der Waals surface area contributed by atoms with Crippen LogP contribution in [0.25, 0.3) is 5.76 Å². The summed E-state index contributed by atoms with van der Waals surface area (Å²) in [5.41, 5.74) is -1.16. The Kier molecular flexibility index (Phi) is 5.71. The van der Waals surface area contributed by atoms with Gasteiger partial charge in [0.1, 0.15) is 11.6 Å². The molecule has 4 nitrogen and oxygen atoms in total. The highest BCUT2D eigenvalue weighted by Gasteiger charge is 2.47. The zero-order valence-corrected chi connectivity index (χ0v) is 17.4. The van der Waals surface area contributed by atoms with Gasteiger partial charge in [-0.25, -0.2) is 4.39 Å². The predicted molar refractivity (Wildman–Crippen MR) is 114 cm³/mol. The average Bonchev–Trinajstić information content (AvgIpc) is 3.04. The molecule has 9 heteroatoms. The molecule has 168 valence electrons. The second-order valence-corrected chi connectivity index (χ2v) is 7.71. The van der Waals surface area contributed by atoms with Crippen molar-refractivity contribution >= 4 is 34.7 Å². The van der Waals surface area contributed by atoms with E-state index in [0.29, 0.717) is 5.02 Å². The van der Waals surface area contributed by atoms with E-state index in [2.05, 4.69) is 0 Å². The van der Waals surface area contributed by atoms with Gasteiger partial charge in [-0.1, -0.05) is 29.8 Å². The highest BCUT2D eigenvalue weighted by atomic mass is 35.5. The van der Waals surface area contributed by atoms with Gasteiger partial charge in [-0.3, -0.25) is 14.5 Å². The fourth-order valence-corrected chi connectivity index (χ4v) is 3.78. The molecule has 1 aliphatic rings. The van der Waals surface area contributed by atoms with Gasteiger partial charge < -0.3 is 5.11 Å². The predicted octanol–water partition coefficient (Wildman–Crippen LogP) is 6.12. The van der Waals surface area contributed by atoms with E-state index in [4.69, 9.17) is 11.6 Å². The molecule has 4 rings (SSSR count). The SMILES string of the molecule is O=C1C(=O)N(c2cccc(C(F)(F)F)c2)[C@H](c2ccc(F)cc2)/C1=C(\O)c1ccc(Cl)cc1. The summed E-state index contributed by atoms with van der Waals surface area (Å²) in [5.74, 6) is -3.34. The van der Waals surface area contributed by atoms with Crippen molar-refractivity contribution in [3.05, 3.63) is 106 Å². The van der Waals surface area contributed by atoms with E-state index in [1.165, 1.54) is 42.5 Å². The second kappa shape index (κ2) is 8.37. The van der Waals surface area contributed by atoms with E-state index in [-0.39, 0.29) is 22.4 Å². The van der Waals surface area contributed by atoms with E-state index in [9.17, 15) is 32.3 Å². The second-order valence-electron chi connectivity index (χ2n) is 7.28. The van der Waals surface area contributed by atoms with Gasteiger partial charge in [0.25, 0.3) is 11.7 Å². The molecule has 3 aromatic carbocycles. The highest BCUT2D eigenvalue weighted by Crippen LogP contribution is 2.43. The maximum atomic E-state index is 13.5. The van der Waals surface area contributed by atoms with Gasteiger partial charge in [-0.05, 0) is 60.2 Å². The van der Waals surface area contributed by atoms with Gasteiger partial charge in [0.15, 0.2) is 0 Å². The zero-order valence-electron chi connectivity index (χ0n) is 16.6. The average molecular weight is 476 g/mol. The molecule has 0 radical (unpaired) electrons. The molecule has 33 heavy (non-hydrogen) atoms. The monoisotopic (exact) mass is 475 g/mol. The summed E-state index contributed by atoms with van der Waals surface area (Å²) in [4.78, 5) is 26.8. The smallest absolute Gasteiger partial charge is 0.416 e. The van der Waals surface area contributed by atoms with Crippen LogP contribution in [0.2, 0.25) is 5.02 Å². The number of aliphatic hydroxyl groups excluding tert-OH is 1. The van der Waals surface area contributed by atoms with Crippen molar-refractivity contribution in [3.63, 3.8) is 0 Å². The van der Waals surface area contributed by atoms with E-state index >= 15 is 0 Å². The number of amides is 1. The van der Waals surface area contributed by atoms with Crippen LogP contribution in [0.3, 0.4) is 0 Å². The summed E-state index contributed by atoms with van der Waals surface area (Å²) in [6, 6.07) is 13.2. The maximum absolute atomic E-state index is 13.5. The number of rotatable bonds is 3. The Morgan fingerprint density at radius 2 is 1.58 bits per heavy atom. The molecule has 0 aliphatic carbocycles. The summed E-state index contributed by atoms with van der Waals surface area (Å²) in [6.45, 7) is 0. The minimum Gasteiger partial charge on any atom is -0.507 e. The van der Waals surface area contributed by atoms with E-state index < -0.39 is 41.0 Å². The van der Waals surface area contributed by atoms with Crippen molar-refractivity contribution in [1.82, 2.24) is 0 Å². The fraction of sp³-hybridized carbons (Fsp3) is 0.0833. The first kappa shape index (κ1) is 22.5. The van der Waals surface area contributed by atoms with Crippen molar-refractivity contribution in [1.29, 1.82) is 0 Å². The van der Waals surface area contributed by atoms with Crippen LogP contribution >= 0.6 is 11.6 Å². The highest BCUT2D eigenvalue weighted by molar-refractivity contribution is 6.51. The van der Waals surface area contributed by atoms with Crippen LogP contribution < -0.4 is 4.90 Å². The summed E-state index contributed by atoms with van der Waals surface area (Å²) in [7, 11) is 0. The van der Waals surface area contributed by atoms with E-state index in [1.807, 2.05) is 0 Å². The Labute approximate surface area is 190 Å². The minimum atomic E-state index is -4.68. The topological polar surface area (TPSA) is 57.6 Å². The molecule has 0 unspecified atom stereocenters. The Morgan fingerprint density at radius 3 is 2.18 bits per heavy atom. The molecule has 1 atom stereocenters. The molecule has 3 aromatic rings. The standard InChI is InChI=1S/C24H14ClF4NO3/c25-16-8-4-14(5-9-16)21(31)19-20(13-6-10-17(26)11-7-13)30(23(33)22(19)32)18-3-1-2-15(12-18)24(27,28)29/h1-12,20,31H/b21-19+/t20-/m1/s1. The zero-order chi connectivity index (χ0) is 23.9. The van der Waals surface area contributed by atoms with Crippen molar-refractivity contribution in [2.24, 2.45) is 0 Å². The lowest BCUT2D eigenvalue weighted by atomic mass is 9.95. The lowest BCUT2D eigenvalue weighted by Crippen LogP contribution is -2.29. The van der Waals surface area contributed by atoms with E-state index in [1.54, 1.807) is 0 Å². The Balaban J connectivity index is 1.94. The van der Waals surface area contributed by atoms with Crippen molar-refractivity contribution in [3.8, 4) is 0 Å². The van der Waals surface area contributed by atoms with Crippen LogP contribution in [0.1, 0.15) is 22.7 Å². The number of carbonyl (C=O) groups is 2. The number of carbonyl (C=O) groups excluding carboxylic acids is 2. The molecule has 1 saturated heterocycles. The third-order valence-electron chi connectivity index (χ3n) is 5.20. The summed E-state index contributed by atoms with van der Waals surface area (Å²) >= 11 is 5.87. The number of hydrogen-bond donors (Lipinski definition) is 1. The molecular weight excluding hydrogens is 462 g/mol. The summed E-state index contributed by atoms with van der Waals surface area (Å²) < 4.78 is 53.4. The molecule has 1 heterocycles. The quantitative estimate of drug-likeness (QED) is 0.215. The molecule has 0 spiro atoms. The first-order chi connectivity index (χ1) is 15.6. The fourth-order valence-electron chi connectivity index (χ4n) is 3.65. The van der Waals surface area contributed by atoms with Crippen LogP contribution in [0.4, 0.5) is 23.2 Å². The Hall–Kier alpha value is -3.65.